The largest absolute Gasteiger partial charge is 0.387 e. The minimum Gasteiger partial charge on any atom is -0.387 e. The van der Waals surface area contributed by atoms with Gasteiger partial charge in [-0.1, -0.05) is 12.1 Å². The number of hydrogen-bond donors (Lipinski definition) is 1. The van der Waals surface area contributed by atoms with Gasteiger partial charge in [0.15, 0.2) is 0 Å². The summed E-state index contributed by atoms with van der Waals surface area (Å²) in [6.45, 7) is 0.454. The number of nitrogens with zero attached hydrogens (tertiary/aromatic N) is 2. The molecular formula is C15H17FN2O3. The van der Waals surface area contributed by atoms with E-state index in [1.807, 2.05) is 0 Å². The van der Waals surface area contributed by atoms with Crippen LogP contribution < -0.4 is 0 Å². The summed E-state index contributed by atoms with van der Waals surface area (Å²) in [6.07, 6.45) is 1.43. The smallest absolute Gasteiger partial charge is 0.327 e. The second kappa shape index (κ2) is 5.44. The van der Waals surface area contributed by atoms with Gasteiger partial charge in [0.05, 0.1) is 12.6 Å². The number of urea groups is 1. The molecule has 2 atom stereocenters. The molecule has 6 heteroatoms. The van der Waals surface area contributed by atoms with Crippen LogP contribution >= 0.6 is 0 Å². The van der Waals surface area contributed by atoms with Gasteiger partial charge < -0.3 is 10.0 Å². The van der Waals surface area contributed by atoms with E-state index in [1.54, 1.807) is 11.0 Å². The van der Waals surface area contributed by atoms with Crippen LogP contribution in [0.3, 0.4) is 0 Å². The molecule has 0 bridgehead atoms. The van der Waals surface area contributed by atoms with Crippen molar-refractivity contribution in [2.24, 2.45) is 0 Å². The SMILES string of the molecule is O=C1[C@@H]2CCCCN2C(=O)N1C[C@H](O)c1cccc(F)c1. The molecule has 0 radical (unpaired) electrons. The molecule has 0 saturated carbocycles. The second-order valence-corrected chi connectivity index (χ2v) is 5.51. The predicted octanol–water partition coefficient (Wildman–Crippen LogP) is 1.68. The van der Waals surface area contributed by atoms with Crippen LogP contribution in [0.5, 0.6) is 0 Å². The summed E-state index contributed by atoms with van der Waals surface area (Å²) in [4.78, 5) is 27.2. The van der Waals surface area contributed by atoms with Crippen LogP contribution in [0.1, 0.15) is 30.9 Å². The van der Waals surface area contributed by atoms with E-state index < -0.39 is 11.9 Å². The molecule has 0 aromatic heterocycles. The molecule has 2 fully saturated rings. The van der Waals surface area contributed by atoms with Crippen molar-refractivity contribution in [3.8, 4) is 0 Å². The van der Waals surface area contributed by atoms with Gasteiger partial charge in [-0.3, -0.25) is 9.69 Å². The van der Waals surface area contributed by atoms with Gasteiger partial charge in [-0.15, -0.1) is 0 Å². The maximum Gasteiger partial charge on any atom is 0.327 e. The molecule has 0 unspecified atom stereocenters. The number of piperidine rings is 1. The lowest BCUT2D eigenvalue weighted by Gasteiger charge is -2.26. The van der Waals surface area contributed by atoms with Gasteiger partial charge in [-0.05, 0) is 37.0 Å². The van der Waals surface area contributed by atoms with Crippen molar-refractivity contribution < 1.29 is 19.1 Å². The lowest BCUT2D eigenvalue weighted by Crippen LogP contribution is -2.39. The Hall–Kier alpha value is -1.95. The minimum atomic E-state index is -1.07. The van der Waals surface area contributed by atoms with E-state index in [1.165, 1.54) is 18.2 Å². The number of rotatable bonds is 3. The highest BCUT2D eigenvalue weighted by Gasteiger charge is 2.46. The normalized spacial score (nSPS) is 23.4. The number of β-amino-alcohol motifs (C(OH)–C–C–N with tert-alkyl or cyclic N) is 1. The van der Waals surface area contributed by atoms with E-state index in [0.717, 1.165) is 17.7 Å². The topological polar surface area (TPSA) is 60.9 Å². The number of hydrogen-bond acceptors (Lipinski definition) is 3. The molecule has 0 spiro atoms. The zero-order valence-corrected chi connectivity index (χ0v) is 11.5. The van der Waals surface area contributed by atoms with E-state index >= 15 is 0 Å². The van der Waals surface area contributed by atoms with E-state index in [0.29, 0.717) is 18.5 Å². The molecule has 2 saturated heterocycles. The first-order valence-corrected chi connectivity index (χ1v) is 7.13. The van der Waals surface area contributed by atoms with Gasteiger partial charge in [0.25, 0.3) is 5.91 Å². The Kier molecular flexibility index (Phi) is 3.63. The molecule has 112 valence electrons. The monoisotopic (exact) mass is 292 g/mol. The Morgan fingerprint density at radius 3 is 2.86 bits per heavy atom. The fraction of sp³-hybridized carbons (Fsp3) is 0.467. The molecule has 2 aliphatic rings. The van der Waals surface area contributed by atoms with Crippen LogP contribution in [0, 0.1) is 5.82 Å². The molecule has 3 rings (SSSR count). The third kappa shape index (κ3) is 2.51. The Morgan fingerprint density at radius 1 is 1.33 bits per heavy atom. The summed E-state index contributed by atoms with van der Waals surface area (Å²) in [6, 6.07) is 4.83. The van der Waals surface area contributed by atoms with Crippen LogP contribution in [-0.2, 0) is 4.79 Å². The Balaban J connectivity index is 1.75. The summed E-state index contributed by atoms with van der Waals surface area (Å²) < 4.78 is 13.2. The molecule has 3 amide bonds. The zero-order valence-electron chi connectivity index (χ0n) is 11.5. The van der Waals surface area contributed by atoms with Gasteiger partial charge in [0.2, 0.25) is 0 Å². The van der Waals surface area contributed by atoms with Gasteiger partial charge in [0, 0.05) is 6.54 Å². The highest BCUT2D eigenvalue weighted by molar-refractivity contribution is 6.04. The zero-order chi connectivity index (χ0) is 15.0. The van der Waals surface area contributed by atoms with Gasteiger partial charge in [0.1, 0.15) is 11.9 Å². The van der Waals surface area contributed by atoms with Crippen molar-refractivity contribution in [1.82, 2.24) is 9.80 Å². The molecule has 1 aromatic carbocycles. The quantitative estimate of drug-likeness (QED) is 0.862. The van der Waals surface area contributed by atoms with Crippen molar-refractivity contribution in [2.45, 2.75) is 31.4 Å². The van der Waals surface area contributed by atoms with Crippen molar-refractivity contribution in [2.75, 3.05) is 13.1 Å². The van der Waals surface area contributed by atoms with Crippen molar-refractivity contribution in [3.05, 3.63) is 35.6 Å². The summed E-state index contributed by atoms with van der Waals surface area (Å²) in [5.41, 5.74) is 0.362. The number of carbonyl (C=O) groups is 2. The summed E-state index contributed by atoms with van der Waals surface area (Å²) in [5.74, 6) is -0.710. The van der Waals surface area contributed by atoms with Gasteiger partial charge in [-0.2, -0.15) is 0 Å². The average Bonchev–Trinajstić information content (AvgIpc) is 2.73. The van der Waals surface area contributed by atoms with Gasteiger partial charge in [-0.25, -0.2) is 9.18 Å². The standard InChI is InChI=1S/C15H17FN2O3/c16-11-5-3-4-10(8-11)13(19)9-18-14(20)12-6-1-2-7-17(12)15(18)21/h3-5,8,12-13,19H,1-2,6-7,9H2/t12-,13-/m0/s1. The third-order valence-corrected chi connectivity index (χ3v) is 4.12. The highest BCUT2D eigenvalue weighted by atomic mass is 19.1. The molecule has 5 nitrogen and oxygen atoms in total. The lowest BCUT2D eigenvalue weighted by molar-refractivity contribution is -0.129. The fourth-order valence-electron chi connectivity index (χ4n) is 3.01. The molecule has 0 aliphatic carbocycles. The number of aliphatic hydroxyl groups excluding tert-OH is 1. The predicted molar refractivity (Wildman–Crippen MR) is 72.8 cm³/mol. The first-order chi connectivity index (χ1) is 10.1. The Bertz CT molecular complexity index is 554. The van der Waals surface area contributed by atoms with Crippen LogP contribution in [0.4, 0.5) is 9.18 Å². The number of benzene rings is 1. The lowest BCUT2D eigenvalue weighted by atomic mass is 10.0. The van der Waals surface area contributed by atoms with E-state index in [2.05, 4.69) is 0 Å². The number of imide groups is 1. The number of halogens is 1. The minimum absolute atomic E-state index is 0.131. The van der Waals surface area contributed by atoms with Crippen molar-refractivity contribution in [1.29, 1.82) is 0 Å². The summed E-state index contributed by atoms with van der Waals surface area (Å²) in [5, 5.41) is 10.1. The first-order valence-electron chi connectivity index (χ1n) is 7.13. The van der Waals surface area contributed by atoms with Crippen LogP contribution in [-0.4, -0.2) is 46.0 Å². The number of amides is 3. The van der Waals surface area contributed by atoms with E-state index in [4.69, 9.17) is 0 Å². The van der Waals surface area contributed by atoms with E-state index in [9.17, 15) is 19.1 Å². The van der Waals surface area contributed by atoms with E-state index in [-0.39, 0.29) is 24.5 Å². The number of aliphatic hydroxyl groups is 1. The molecule has 1 N–H and O–H groups in total. The van der Waals surface area contributed by atoms with Crippen LogP contribution in [0.25, 0.3) is 0 Å². The molecular weight excluding hydrogens is 275 g/mol. The van der Waals surface area contributed by atoms with Crippen LogP contribution in [0.2, 0.25) is 0 Å². The van der Waals surface area contributed by atoms with Crippen molar-refractivity contribution in [3.63, 3.8) is 0 Å². The molecule has 21 heavy (non-hydrogen) atoms. The maximum absolute atomic E-state index is 13.2. The highest BCUT2D eigenvalue weighted by Crippen LogP contribution is 2.28. The fourth-order valence-corrected chi connectivity index (χ4v) is 3.01. The maximum atomic E-state index is 13.2. The first kappa shape index (κ1) is 14.0. The third-order valence-electron chi connectivity index (χ3n) is 4.12. The van der Waals surface area contributed by atoms with Gasteiger partial charge >= 0.3 is 6.03 Å². The van der Waals surface area contributed by atoms with Crippen LogP contribution in [0.15, 0.2) is 24.3 Å². The second-order valence-electron chi connectivity index (χ2n) is 5.51. The summed E-state index contributed by atoms with van der Waals surface area (Å²) >= 11 is 0. The summed E-state index contributed by atoms with van der Waals surface area (Å²) in [7, 11) is 0. The average molecular weight is 292 g/mol. The van der Waals surface area contributed by atoms with Crippen molar-refractivity contribution >= 4 is 11.9 Å². The number of fused-ring (bicyclic) bond motifs is 1. The molecule has 2 aliphatic heterocycles. The molecule has 2 heterocycles. The molecule has 1 aromatic rings. The Labute approximate surface area is 122 Å². The number of carbonyl (C=O) groups excluding carboxylic acids is 2. The Morgan fingerprint density at radius 2 is 2.14 bits per heavy atom.